The molecule has 0 aromatic heterocycles. The molecule has 0 saturated carbocycles. The van der Waals surface area contributed by atoms with Crippen molar-refractivity contribution in [3.8, 4) is 0 Å². The summed E-state index contributed by atoms with van der Waals surface area (Å²) in [6.07, 6.45) is 2.62. The van der Waals surface area contributed by atoms with Crippen LogP contribution in [0.3, 0.4) is 0 Å². The molecule has 1 saturated heterocycles. The van der Waals surface area contributed by atoms with Crippen molar-refractivity contribution in [2.75, 3.05) is 13.2 Å². The average molecular weight is 244 g/mol. The quantitative estimate of drug-likeness (QED) is 0.853. The molecule has 88 valence electrons. The summed E-state index contributed by atoms with van der Waals surface area (Å²) < 4.78 is 12.9. The van der Waals surface area contributed by atoms with Crippen molar-refractivity contribution in [2.24, 2.45) is 0 Å². The molecule has 1 unspecified atom stereocenters. The van der Waals surface area contributed by atoms with Crippen molar-refractivity contribution in [2.45, 2.75) is 24.8 Å². The highest BCUT2D eigenvalue weighted by Crippen LogP contribution is 2.27. The van der Waals surface area contributed by atoms with Gasteiger partial charge in [-0.25, -0.2) is 4.39 Å². The van der Waals surface area contributed by atoms with Crippen LogP contribution in [0.15, 0.2) is 18.2 Å². The molecule has 16 heavy (non-hydrogen) atoms. The SMILES string of the molecule is OCC1(Cc2ccc(F)cc2Cl)CCCN1. The number of aliphatic hydroxyl groups excluding tert-OH is 1. The van der Waals surface area contributed by atoms with Gasteiger partial charge in [0.25, 0.3) is 0 Å². The smallest absolute Gasteiger partial charge is 0.124 e. The van der Waals surface area contributed by atoms with Gasteiger partial charge in [0.05, 0.1) is 6.61 Å². The summed E-state index contributed by atoms with van der Waals surface area (Å²) in [4.78, 5) is 0. The van der Waals surface area contributed by atoms with Gasteiger partial charge in [-0.1, -0.05) is 17.7 Å². The fraction of sp³-hybridized carbons (Fsp3) is 0.500. The third kappa shape index (κ3) is 2.37. The maximum absolute atomic E-state index is 12.9. The second-order valence-corrected chi connectivity index (χ2v) is 4.79. The van der Waals surface area contributed by atoms with Crippen molar-refractivity contribution >= 4 is 11.6 Å². The molecule has 2 nitrogen and oxygen atoms in total. The van der Waals surface area contributed by atoms with Gasteiger partial charge < -0.3 is 10.4 Å². The average Bonchev–Trinajstić information content (AvgIpc) is 2.72. The summed E-state index contributed by atoms with van der Waals surface area (Å²) in [7, 11) is 0. The third-order valence-electron chi connectivity index (χ3n) is 3.18. The lowest BCUT2D eigenvalue weighted by Gasteiger charge is -2.27. The molecule has 0 bridgehead atoms. The van der Waals surface area contributed by atoms with Crippen molar-refractivity contribution in [3.63, 3.8) is 0 Å². The molecular weight excluding hydrogens is 229 g/mol. The molecule has 0 aliphatic carbocycles. The molecule has 1 aliphatic heterocycles. The first-order chi connectivity index (χ1) is 7.65. The van der Waals surface area contributed by atoms with E-state index in [1.165, 1.54) is 12.1 Å². The Balaban J connectivity index is 2.19. The molecule has 2 rings (SSSR count). The van der Waals surface area contributed by atoms with E-state index in [1.54, 1.807) is 6.07 Å². The van der Waals surface area contributed by atoms with Gasteiger partial charge in [-0.3, -0.25) is 0 Å². The molecule has 1 aliphatic rings. The molecule has 0 radical (unpaired) electrons. The minimum atomic E-state index is -0.328. The Morgan fingerprint density at radius 2 is 2.31 bits per heavy atom. The van der Waals surface area contributed by atoms with Gasteiger partial charge in [-0.2, -0.15) is 0 Å². The fourth-order valence-corrected chi connectivity index (χ4v) is 2.47. The highest BCUT2D eigenvalue weighted by atomic mass is 35.5. The second-order valence-electron chi connectivity index (χ2n) is 4.38. The zero-order valence-electron chi connectivity index (χ0n) is 8.97. The van der Waals surface area contributed by atoms with Gasteiger partial charge in [-0.15, -0.1) is 0 Å². The van der Waals surface area contributed by atoms with Crippen LogP contribution in [0.2, 0.25) is 5.02 Å². The van der Waals surface area contributed by atoms with Crippen LogP contribution >= 0.6 is 11.6 Å². The van der Waals surface area contributed by atoms with Crippen molar-refractivity contribution in [1.29, 1.82) is 0 Å². The van der Waals surface area contributed by atoms with Crippen LogP contribution < -0.4 is 5.32 Å². The number of nitrogens with one attached hydrogen (secondary N) is 1. The highest BCUT2D eigenvalue weighted by Gasteiger charge is 2.33. The Morgan fingerprint density at radius 3 is 2.88 bits per heavy atom. The van der Waals surface area contributed by atoms with Crippen LogP contribution in [0, 0.1) is 5.82 Å². The lowest BCUT2D eigenvalue weighted by atomic mass is 9.90. The van der Waals surface area contributed by atoms with E-state index in [-0.39, 0.29) is 18.0 Å². The second kappa shape index (κ2) is 4.70. The van der Waals surface area contributed by atoms with Gasteiger partial charge in [0.15, 0.2) is 0 Å². The van der Waals surface area contributed by atoms with Crippen LogP contribution in [0.1, 0.15) is 18.4 Å². The molecule has 0 spiro atoms. The number of hydrogen-bond acceptors (Lipinski definition) is 2. The first-order valence-corrected chi connectivity index (χ1v) is 5.83. The molecule has 1 aromatic rings. The zero-order valence-corrected chi connectivity index (χ0v) is 9.73. The Hall–Kier alpha value is -0.640. The third-order valence-corrected chi connectivity index (χ3v) is 3.53. The lowest BCUT2D eigenvalue weighted by molar-refractivity contribution is 0.177. The molecule has 0 amide bonds. The minimum absolute atomic E-state index is 0.0840. The molecule has 1 heterocycles. The monoisotopic (exact) mass is 243 g/mol. The van der Waals surface area contributed by atoms with E-state index in [1.807, 2.05) is 0 Å². The first-order valence-electron chi connectivity index (χ1n) is 5.45. The van der Waals surface area contributed by atoms with E-state index in [0.717, 1.165) is 24.9 Å². The molecule has 1 atom stereocenters. The Kier molecular flexibility index (Phi) is 3.47. The summed E-state index contributed by atoms with van der Waals surface area (Å²) in [6, 6.07) is 4.41. The Labute approximate surface area is 99.4 Å². The number of hydrogen-bond donors (Lipinski definition) is 2. The standard InChI is InChI=1S/C12H15ClFNO/c13-11-6-10(14)3-2-9(11)7-12(8-16)4-1-5-15-12/h2-3,6,15-16H,1,4-5,7-8H2. The number of aliphatic hydroxyl groups is 1. The Morgan fingerprint density at radius 1 is 1.50 bits per heavy atom. The molecule has 1 aromatic carbocycles. The fourth-order valence-electron chi connectivity index (χ4n) is 2.24. The van der Waals surface area contributed by atoms with E-state index >= 15 is 0 Å². The maximum Gasteiger partial charge on any atom is 0.124 e. The van der Waals surface area contributed by atoms with Crippen LogP contribution in [0.25, 0.3) is 0 Å². The van der Waals surface area contributed by atoms with E-state index in [9.17, 15) is 9.50 Å². The van der Waals surface area contributed by atoms with Gasteiger partial charge in [0.2, 0.25) is 0 Å². The number of rotatable bonds is 3. The van der Waals surface area contributed by atoms with Crippen molar-refractivity contribution in [1.82, 2.24) is 5.32 Å². The van der Waals surface area contributed by atoms with Crippen LogP contribution in [-0.2, 0) is 6.42 Å². The molecule has 1 fully saturated rings. The zero-order chi connectivity index (χ0) is 11.6. The first kappa shape index (κ1) is 11.8. The molecule has 2 N–H and O–H groups in total. The molecular formula is C12H15ClFNO. The molecule has 4 heteroatoms. The summed E-state index contributed by atoms with van der Waals surface area (Å²) in [5.74, 6) is -0.328. The van der Waals surface area contributed by atoms with Crippen LogP contribution in [0.5, 0.6) is 0 Å². The van der Waals surface area contributed by atoms with E-state index in [4.69, 9.17) is 11.6 Å². The number of halogens is 2. The number of benzene rings is 1. The van der Waals surface area contributed by atoms with E-state index < -0.39 is 0 Å². The largest absolute Gasteiger partial charge is 0.394 e. The normalized spacial score (nSPS) is 24.9. The van der Waals surface area contributed by atoms with Crippen LogP contribution in [-0.4, -0.2) is 23.8 Å². The topological polar surface area (TPSA) is 32.3 Å². The summed E-state index contributed by atoms with van der Waals surface area (Å²) in [6.45, 7) is 1.00. The summed E-state index contributed by atoms with van der Waals surface area (Å²) in [5, 5.41) is 13.2. The lowest BCUT2D eigenvalue weighted by Crippen LogP contribution is -2.45. The van der Waals surface area contributed by atoms with E-state index in [0.29, 0.717) is 11.4 Å². The van der Waals surface area contributed by atoms with Gasteiger partial charge in [0, 0.05) is 10.6 Å². The van der Waals surface area contributed by atoms with Crippen molar-refractivity contribution in [3.05, 3.63) is 34.6 Å². The summed E-state index contributed by atoms with van der Waals surface area (Å²) >= 11 is 5.98. The van der Waals surface area contributed by atoms with Crippen LogP contribution in [0.4, 0.5) is 4.39 Å². The maximum atomic E-state index is 12.9. The van der Waals surface area contributed by atoms with Crippen molar-refractivity contribution < 1.29 is 9.50 Å². The minimum Gasteiger partial charge on any atom is -0.394 e. The van der Waals surface area contributed by atoms with E-state index in [2.05, 4.69) is 5.32 Å². The Bertz CT molecular complexity index is 377. The predicted molar refractivity (Wildman–Crippen MR) is 62.2 cm³/mol. The highest BCUT2D eigenvalue weighted by molar-refractivity contribution is 6.31. The van der Waals surface area contributed by atoms with Gasteiger partial charge >= 0.3 is 0 Å². The van der Waals surface area contributed by atoms with Gasteiger partial charge in [0.1, 0.15) is 5.82 Å². The summed E-state index contributed by atoms with van der Waals surface area (Å²) in [5.41, 5.74) is 0.605. The predicted octanol–water partition coefficient (Wildman–Crippen LogP) is 2.14. The van der Waals surface area contributed by atoms with Gasteiger partial charge in [-0.05, 0) is 43.5 Å².